The smallest absolute Gasteiger partial charge is 0.191 e. The number of hydrogen-bond acceptors (Lipinski definition) is 4. The van der Waals surface area contributed by atoms with Crippen LogP contribution in [0.2, 0.25) is 0 Å². The Labute approximate surface area is 141 Å². The number of aliphatic hydroxyl groups is 1. The first-order valence-corrected chi connectivity index (χ1v) is 9.00. The van der Waals surface area contributed by atoms with Crippen molar-refractivity contribution in [3.05, 3.63) is 53.4 Å². The van der Waals surface area contributed by atoms with Gasteiger partial charge in [-0.3, -0.25) is 0 Å². The van der Waals surface area contributed by atoms with Crippen molar-refractivity contribution in [1.82, 2.24) is 14.8 Å². The predicted molar refractivity (Wildman–Crippen MR) is 93.8 cm³/mol. The molecule has 1 heterocycles. The van der Waals surface area contributed by atoms with E-state index in [0.29, 0.717) is 11.7 Å². The zero-order chi connectivity index (χ0) is 16.4. The summed E-state index contributed by atoms with van der Waals surface area (Å²) in [5.74, 6) is 2.19. The van der Waals surface area contributed by atoms with Crippen molar-refractivity contribution in [2.45, 2.75) is 50.4 Å². The molecule has 1 aromatic heterocycles. The number of hydrogen-bond donors (Lipinski definition) is 1. The highest BCUT2D eigenvalue weighted by Gasteiger charge is 2.30. The average Bonchev–Trinajstić information content (AvgIpc) is 3.27. The monoisotopic (exact) mass is 329 g/mol. The summed E-state index contributed by atoms with van der Waals surface area (Å²) < 4.78 is 2.13. The third-order valence-corrected chi connectivity index (χ3v) is 5.04. The summed E-state index contributed by atoms with van der Waals surface area (Å²) in [6.45, 7) is 8.66. The molecule has 3 rings (SSSR count). The molecular formula is C18H23N3OS. The molecule has 0 amide bonds. The Morgan fingerprint density at radius 1 is 1.30 bits per heavy atom. The molecule has 122 valence electrons. The molecule has 1 atom stereocenters. The number of aryl methyl sites for hydroxylation is 2. The summed E-state index contributed by atoms with van der Waals surface area (Å²) in [5, 5.41) is 20.0. The van der Waals surface area contributed by atoms with E-state index in [1.807, 2.05) is 18.2 Å². The Kier molecular flexibility index (Phi) is 4.87. The van der Waals surface area contributed by atoms with Crippen molar-refractivity contribution < 1.29 is 5.11 Å². The molecule has 1 saturated carbocycles. The Morgan fingerprint density at radius 3 is 2.61 bits per heavy atom. The molecule has 1 unspecified atom stereocenters. The summed E-state index contributed by atoms with van der Waals surface area (Å²) in [5.41, 5.74) is 3.32. The fourth-order valence-electron chi connectivity index (χ4n) is 2.80. The van der Waals surface area contributed by atoms with Gasteiger partial charge in [0.05, 0.1) is 6.10 Å². The van der Waals surface area contributed by atoms with Crippen LogP contribution in [0.5, 0.6) is 0 Å². The van der Waals surface area contributed by atoms with Gasteiger partial charge in [0.25, 0.3) is 0 Å². The fraction of sp³-hybridized carbons (Fsp3) is 0.444. The molecule has 1 fully saturated rings. The second-order valence-electron chi connectivity index (χ2n) is 6.26. The molecule has 0 spiro atoms. The first kappa shape index (κ1) is 16.3. The largest absolute Gasteiger partial charge is 0.388 e. The number of benzene rings is 1. The molecule has 0 aliphatic heterocycles. The molecule has 1 aromatic carbocycles. The standard InChI is InChI=1S/C18H23N3OS/c1-4-7-21-17(14-5-6-14)19-20-18(21)23-11-16(22)15-9-12(2)8-13(3)10-15/h4,8-10,14,16,22H,1,5-7,11H2,2-3H3. The lowest BCUT2D eigenvalue weighted by atomic mass is 10.0. The van der Waals surface area contributed by atoms with Gasteiger partial charge in [0.1, 0.15) is 5.82 Å². The molecule has 1 aliphatic rings. The van der Waals surface area contributed by atoms with Crippen LogP contribution in [0, 0.1) is 13.8 Å². The van der Waals surface area contributed by atoms with Crippen LogP contribution in [0.1, 0.15) is 47.4 Å². The van der Waals surface area contributed by atoms with Gasteiger partial charge in [-0.1, -0.05) is 47.2 Å². The minimum atomic E-state index is -0.503. The molecule has 0 radical (unpaired) electrons. The molecule has 1 N–H and O–H groups in total. The lowest BCUT2D eigenvalue weighted by Crippen LogP contribution is -2.05. The van der Waals surface area contributed by atoms with Crippen LogP contribution in [-0.2, 0) is 6.54 Å². The molecule has 23 heavy (non-hydrogen) atoms. The molecule has 5 heteroatoms. The lowest BCUT2D eigenvalue weighted by Gasteiger charge is -2.13. The average molecular weight is 329 g/mol. The summed E-state index contributed by atoms with van der Waals surface area (Å²) in [6, 6.07) is 6.20. The van der Waals surface area contributed by atoms with E-state index in [0.717, 1.165) is 23.1 Å². The van der Waals surface area contributed by atoms with Gasteiger partial charge in [-0.05, 0) is 32.3 Å². The summed E-state index contributed by atoms with van der Waals surface area (Å²) >= 11 is 1.56. The highest BCUT2D eigenvalue weighted by Crippen LogP contribution is 2.40. The minimum absolute atomic E-state index is 0.503. The molecule has 0 saturated heterocycles. The SMILES string of the molecule is C=CCn1c(SCC(O)c2cc(C)cc(C)c2)nnc1C1CC1. The van der Waals surface area contributed by atoms with Crippen molar-refractivity contribution in [2.75, 3.05) is 5.75 Å². The van der Waals surface area contributed by atoms with Crippen LogP contribution < -0.4 is 0 Å². The predicted octanol–water partition coefficient (Wildman–Crippen LogP) is 3.78. The molecule has 0 bridgehead atoms. The minimum Gasteiger partial charge on any atom is -0.388 e. The Balaban J connectivity index is 1.71. The van der Waals surface area contributed by atoms with Crippen LogP contribution in [0.4, 0.5) is 0 Å². The van der Waals surface area contributed by atoms with Gasteiger partial charge < -0.3 is 9.67 Å². The summed E-state index contributed by atoms with van der Waals surface area (Å²) in [4.78, 5) is 0. The van der Waals surface area contributed by atoms with Crippen LogP contribution in [-0.4, -0.2) is 25.6 Å². The summed E-state index contributed by atoms with van der Waals surface area (Å²) in [6.07, 6.45) is 3.77. The van der Waals surface area contributed by atoms with Gasteiger partial charge in [0, 0.05) is 18.2 Å². The highest BCUT2D eigenvalue weighted by atomic mass is 32.2. The summed E-state index contributed by atoms with van der Waals surface area (Å²) in [7, 11) is 0. The van der Waals surface area contributed by atoms with Gasteiger partial charge in [0.2, 0.25) is 0 Å². The second kappa shape index (κ2) is 6.89. The Hall–Kier alpha value is -1.59. The number of nitrogens with zero attached hydrogens (tertiary/aromatic N) is 3. The lowest BCUT2D eigenvalue weighted by molar-refractivity contribution is 0.204. The van der Waals surface area contributed by atoms with Gasteiger partial charge in [0.15, 0.2) is 5.16 Å². The maximum atomic E-state index is 10.5. The second-order valence-corrected chi connectivity index (χ2v) is 7.25. The van der Waals surface area contributed by atoms with E-state index < -0.39 is 6.10 Å². The van der Waals surface area contributed by atoms with Crippen molar-refractivity contribution in [3.63, 3.8) is 0 Å². The van der Waals surface area contributed by atoms with Crippen LogP contribution in [0.3, 0.4) is 0 Å². The van der Waals surface area contributed by atoms with Crippen LogP contribution >= 0.6 is 11.8 Å². The maximum absolute atomic E-state index is 10.5. The number of allylic oxidation sites excluding steroid dienone is 1. The van der Waals surface area contributed by atoms with E-state index in [2.05, 4.69) is 41.3 Å². The van der Waals surface area contributed by atoms with Crippen molar-refractivity contribution in [1.29, 1.82) is 0 Å². The first-order valence-electron chi connectivity index (χ1n) is 8.01. The molecule has 1 aliphatic carbocycles. The quantitative estimate of drug-likeness (QED) is 0.620. The zero-order valence-corrected chi connectivity index (χ0v) is 14.5. The molecular weight excluding hydrogens is 306 g/mol. The van der Waals surface area contributed by atoms with Gasteiger partial charge in [-0.2, -0.15) is 0 Å². The third kappa shape index (κ3) is 3.85. The van der Waals surface area contributed by atoms with Gasteiger partial charge >= 0.3 is 0 Å². The Bertz CT molecular complexity index is 686. The molecule has 2 aromatic rings. The van der Waals surface area contributed by atoms with Gasteiger partial charge in [-0.15, -0.1) is 16.8 Å². The van der Waals surface area contributed by atoms with Gasteiger partial charge in [-0.25, -0.2) is 0 Å². The number of aliphatic hydroxyl groups excluding tert-OH is 1. The van der Waals surface area contributed by atoms with Crippen LogP contribution in [0.25, 0.3) is 0 Å². The van der Waals surface area contributed by atoms with E-state index in [-0.39, 0.29) is 0 Å². The molecule has 4 nitrogen and oxygen atoms in total. The van der Waals surface area contributed by atoms with Crippen molar-refractivity contribution in [2.24, 2.45) is 0 Å². The van der Waals surface area contributed by atoms with E-state index >= 15 is 0 Å². The number of rotatable bonds is 7. The Morgan fingerprint density at radius 2 is 2.00 bits per heavy atom. The van der Waals surface area contributed by atoms with Crippen molar-refractivity contribution in [3.8, 4) is 0 Å². The van der Waals surface area contributed by atoms with E-state index in [9.17, 15) is 5.11 Å². The van der Waals surface area contributed by atoms with E-state index in [1.54, 1.807) is 11.8 Å². The first-order chi connectivity index (χ1) is 11.1. The number of thioether (sulfide) groups is 1. The van der Waals surface area contributed by atoms with Crippen LogP contribution in [0.15, 0.2) is 36.0 Å². The van der Waals surface area contributed by atoms with Crippen molar-refractivity contribution >= 4 is 11.8 Å². The van der Waals surface area contributed by atoms with E-state index in [4.69, 9.17) is 0 Å². The maximum Gasteiger partial charge on any atom is 0.191 e. The third-order valence-electron chi connectivity index (χ3n) is 4.00. The van der Waals surface area contributed by atoms with E-state index in [1.165, 1.54) is 24.0 Å². The highest BCUT2D eigenvalue weighted by molar-refractivity contribution is 7.99. The normalized spacial score (nSPS) is 15.6. The number of aromatic nitrogens is 3. The topological polar surface area (TPSA) is 50.9 Å². The fourth-order valence-corrected chi connectivity index (χ4v) is 3.72. The zero-order valence-electron chi connectivity index (χ0n) is 13.7.